The van der Waals surface area contributed by atoms with E-state index in [-0.39, 0.29) is 11.0 Å². The summed E-state index contributed by atoms with van der Waals surface area (Å²) in [6, 6.07) is 6.49. The smallest absolute Gasteiger partial charge is 0.248 e. The third kappa shape index (κ3) is 4.67. The molecule has 0 saturated carbocycles. The van der Waals surface area contributed by atoms with Gasteiger partial charge < -0.3 is 16.4 Å². The summed E-state index contributed by atoms with van der Waals surface area (Å²) in [6.45, 7) is 5.39. The predicted molar refractivity (Wildman–Crippen MR) is 78.8 cm³/mol. The van der Waals surface area contributed by atoms with E-state index in [1.165, 1.54) is 0 Å². The molecule has 0 bridgehead atoms. The van der Waals surface area contributed by atoms with Crippen LogP contribution < -0.4 is 16.4 Å². The summed E-state index contributed by atoms with van der Waals surface area (Å²) in [6.07, 6.45) is 0. The largest absolute Gasteiger partial charge is 0.366 e. The van der Waals surface area contributed by atoms with E-state index in [0.717, 1.165) is 0 Å². The van der Waals surface area contributed by atoms with Gasteiger partial charge in [0.25, 0.3) is 0 Å². The van der Waals surface area contributed by atoms with Crippen LogP contribution in [-0.4, -0.2) is 16.9 Å². The lowest BCUT2D eigenvalue weighted by Crippen LogP contribution is -2.41. The van der Waals surface area contributed by atoms with Crippen LogP contribution in [0, 0.1) is 5.41 Å². The third-order valence-corrected chi connectivity index (χ3v) is 2.54. The van der Waals surface area contributed by atoms with Crippen LogP contribution in [0.25, 0.3) is 0 Å². The molecule has 0 heterocycles. The second kappa shape index (κ2) is 5.79. The highest BCUT2D eigenvalue weighted by atomic mass is 32.1. The summed E-state index contributed by atoms with van der Waals surface area (Å²) in [7, 11) is 0. The van der Waals surface area contributed by atoms with Gasteiger partial charge in [-0.05, 0) is 36.5 Å². The van der Waals surface area contributed by atoms with E-state index in [4.69, 9.17) is 18.0 Å². The molecule has 4 N–H and O–H groups in total. The number of rotatable bonds is 2. The second-order valence-electron chi connectivity index (χ2n) is 5.10. The summed E-state index contributed by atoms with van der Waals surface area (Å²) in [5, 5.41) is 5.67. The Morgan fingerprint density at radius 3 is 2.11 bits per heavy atom. The first kappa shape index (κ1) is 15.1. The fraction of sp³-hybridized carbons (Fsp3) is 0.308. The normalized spacial score (nSPS) is 10.7. The molecule has 0 aliphatic carbocycles. The zero-order chi connectivity index (χ0) is 14.6. The number of hydrogen-bond donors (Lipinski definition) is 3. The number of benzene rings is 1. The highest BCUT2D eigenvalue weighted by Crippen LogP contribution is 2.13. The Bertz CT molecular complexity index is 504. The second-order valence-corrected chi connectivity index (χ2v) is 5.51. The van der Waals surface area contributed by atoms with Crippen LogP contribution >= 0.6 is 12.2 Å². The summed E-state index contributed by atoms with van der Waals surface area (Å²) in [5.41, 5.74) is 5.71. The van der Waals surface area contributed by atoms with Crippen molar-refractivity contribution in [3.05, 3.63) is 29.8 Å². The number of hydrogen-bond acceptors (Lipinski definition) is 3. The Kier molecular flexibility index (Phi) is 4.61. The van der Waals surface area contributed by atoms with Gasteiger partial charge in [-0.25, -0.2) is 0 Å². The van der Waals surface area contributed by atoms with Crippen molar-refractivity contribution in [2.45, 2.75) is 20.8 Å². The highest BCUT2D eigenvalue weighted by Gasteiger charge is 2.21. The van der Waals surface area contributed by atoms with Crippen molar-refractivity contribution in [3.8, 4) is 0 Å². The zero-order valence-electron chi connectivity index (χ0n) is 11.1. The number of amides is 2. The van der Waals surface area contributed by atoms with Crippen LogP contribution in [0.5, 0.6) is 0 Å². The van der Waals surface area contributed by atoms with E-state index in [9.17, 15) is 9.59 Å². The van der Waals surface area contributed by atoms with Crippen molar-refractivity contribution in [1.29, 1.82) is 0 Å². The summed E-state index contributed by atoms with van der Waals surface area (Å²) < 4.78 is 0. The van der Waals surface area contributed by atoms with Crippen molar-refractivity contribution in [1.82, 2.24) is 5.32 Å². The van der Waals surface area contributed by atoms with Crippen molar-refractivity contribution < 1.29 is 9.59 Å². The Morgan fingerprint density at radius 1 is 1.16 bits per heavy atom. The molecule has 0 fully saturated rings. The average Bonchev–Trinajstić information content (AvgIpc) is 2.28. The lowest BCUT2D eigenvalue weighted by molar-refractivity contribution is -0.126. The van der Waals surface area contributed by atoms with Gasteiger partial charge in [0.2, 0.25) is 11.8 Å². The minimum Gasteiger partial charge on any atom is -0.366 e. The summed E-state index contributed by atoms with van der Waals surface area (Å²) in [5.74, 6) is -0.658. The predicted octanol–water partition coefficient (Wildman–Crippen LogP) is 1.64. The van der Waals surface area contributed by atoms with Gasteiger partial charge in [0.05, 0.1) is 0 Å². The average molecular weight is 279 g/mol. The van der Waals surface area contributed by atoms with E-state index in [0.29, 0.717) is 11.3 Å². The van der Waals surface area contributed by atoms with Gasteiger partial charge in [0.1, 0.15) is 0 Å². The first-order chi connectivity index (χ1) is 8.70. The van der Waals surface area contributed by atoms with Crippen LogP contribution in [0.4, 0.5) is 5.69 Å². The highest BCUT2D eigenvalue weighted by molar-refractivity contribution is 7.80. The molecule has 102 valence electrons. The lowest BCUT2D eigenvalue weighted by Gasteiger charge is -2.18. The number of thiocarbonyl (C=S) groups is 1. The van der Waals surface area contributed by atoms with E-state index >= 15 is 0 Å². The molecule has 0 saturated heterocycles. The molecule has 0 aromatic heterocycles. The van der Waals surface area contributed by atoms with Crippen LogP contribution in [0.3, 0.4) is 0 Å². The molecule has 5 nitrogen and oxygen atoms in total. The van der Waals surface area contributed by atoms with E-state index in [2.05, 4.69) is 10.6 Å². The molecule has 6 heteroatoms. The van der Waals surface area contributed by atoms with Crippen LogP contribution in [0.1, 0.15) is 31.1 Å². The van der Waals surface area contributed by atoms with Gasteiger partial charge in [-0.1, -0.05) is 20.8 Å². The van der Waals surface area contributed by atoms with E-state index in [1.54, 1.807) is 45.0 Å². The number of carbonyl (C=O) groups excluding carboxylic acids is 2. The molecule has 1 rings (SSSR count). The third-order valence-electron chi connectivity index (χ3n) is 2.34. The maximum atomic E-state index is 11.7. The van der Waals surface area contributed by atoms with Crippen LogP contribution in [-0.2, 0) is 4.79 Å². The fourth-order valence-corrected chi connectivity index (χ4v) is 1.38. The Morgan fingerprint density at radius 2 is 1.68 bits per heavy atom. The van der Waals surface area contributed by atoms with E-state index in [1.807, 2.05) is 0 Å². The van der Waals surface area contributed by atoms with Gasteiger partial charge in [0, 0.05) is 16.7 Å². The number of carbonyl (C=O) groups is 2. The molecule has 1 aromatic rings. The quantitative estimate of drug-likeness (QED) is 0.719. The van der Waals surface area contributed by atoms with Gasteiger partial charge in [-0.2, -0.15) is 0 Å². The van der Waals surface area contributed by atoms with Gasteiger partial charge in [0.15, 0.2) is 5.11 Å². The number of primary amides is 1. The van der Waals surface area contributed by atoms with Crippen molar-refractivity contribution in [2.75, 3.05) is 5.32 Å². The van der Waals surface area contributed by atoms with Gasteiger partial charge >= 0.3 is 0 Å². The molecule has 0 unspecified atom stereocenters. The molecule has 19 heavy (non-hydrogen) atoms. The number of nitrogens with two attached hydrogens (primary N) is 1. The Balaban J connectivity index is 2.63. The van der Waals surface area contributed by atoms with Crippen molar-refractivity contribution in [3.63, 3.8) is 0 Å². The summed E-state index contributed by atoms with van der Waals surface area (Å²) >= 11 is 5.03. The molecule has 2 amide bonds. The van der Waals surface area contributed by atoms with Crippen molar-refractivity contribution >= 4 is 34.8 Å². The molecular formula is C13H17N3O2S. The molecule has 1 aromatic carbocycles. The number of anilines is 1. The monoisotopic (exact) mass is 279 g/mol. The molecule has 0 spiro atoms. The van der Waals surface area contributed by atoms with Gasteiger partial charge in [-0.3, -0.25) is 9.59 Å². The maximum Gasteiger partial charge on any atom is 0.248 e. The molecular weight excluding hydrogens is 262 g/mol. The molecule has 0 aliphatic rings. The molecule has 0 radical (unpaired) electrons. The van der Waals surface area contributed by atoms with Gasteiger partial charge in [-0.15, -0.1) is 0 Å². The zero-order valence-corrected chi connectivity index (χ0v) is 11.9. The standard InChI is InChI=1S/C13H17N3O2S/c1-13(2,3)11(18)16-12(19)15-9-6-4-8(5-7-9)10(14)17/h4-7H,1-3H3,(H2,14,17)(H2,15,16,18,19). The Hall–Kier alpha value is -1.95. The SMILES string of the molecule is CC(C)(C)C(=O)NC(=S)Nc1ccc(C(N)=O)cc1. The minimum absolute atomic E-state index is 0.168. The van der Waals surface area contributed by atoms with Crippen LogP contribution in [0.2, 0.25) is 0 Å². The Labute approximate surface area is 117 Å². The topological polar surface area (TPSA) is 84.2 Å². The molecule has 0 aliphatic heterocycles. The maximum absolute atomic E-state index is 11.7. The number of nitrogens with one attached hydrogen (secondary N) is 2. The first-order valence-electron chi connectivity index (χ1n) is 5.72. The first-order valence-corrected chi connectivity index (χ1v) is 6.13. The van der Waals surface area contributed by atoms with Crippen molar-refractivity contribution in [2.24, 2.45) is 11.1 Å². The van der Waals surface area contributed by atoms with Crippen LogP contribution in [0.15, 0.2) is 24.3 Å². The lowest BCUT2D eigenvalue weighted by atomic mass is 9.96. The van der Waals surface area contributed by atoms with E-state index < -0.39 is 11.3 Å². The minimum atomic E-state index is -0.512. The molecule has 0 atom stereocenters. The fourth-order valence-electron chi connectivity index (χ4n) is 1.17. The summed E-state index contributed by atoms with van der Waals surface area (Å²) in [4.78, 5) is 22.6.